The second kappa shape index (κ2) is 8.89. The van der Waals surface area contributed by atoms with Gasteiger partial charge in [-0.1, -0.05) is 54.6 Å². The van der Waals surface area contributed by atoms with Crippen LogP contribution in [-0.4, -0.2) is 27.0 Å². The number of aromatic nitrogens is 3. The van der Waals surface area contributed by atoms with E-state index in [9.17, 15) is 4.79 Å². The van der Waals surface area contributed by atoms with Gasteiger partial charge in [0.25, 0.3) is 5.91 Å². The van der Waals surface area contributed by atoms with Crippen molar-refractivity contribution in [3.63, 3.8) is 0 Å². The third-order valence-corrected chi connectivity index (χ3v) is 5.35. The van der Waals surface area contributed by atoms with Crippen molar-refractivity contribution in [2.45, 2.75) is 13.0 Å². The molecule has 3 aromatic carbocycles. The fourth-order valence-electron chi connectivity index (χ4n) is 3.74. The molecule has 2 heterocycles. The molecule has 6 nitrogen and oxygen atoms in total. The second-order valence-corrected chi connectivity index (χ2v) is 7.48. The Morgan fingerprint density at radius 1 is 0.906 bits per heavy atom. The molecule has 0 fully saturated rings. The number of benzene rings is 3. The van der Waals surface area contributed by atoms with Gasteiger partial charge in [0, 0.05) is 24.2 Å². The zero-order valence-electron chi connectivity index (χ0n) is 17.4. The third kappa shape index (κ3) is 4.03. The van der Waals surface area contributed by atoms with Crippen LogP contribution in [0.2, 0.25) is 0 Å². The van der Waals surface area contributed by atoms with Gasteiger partial charge in [0.2, 0.25) is 5.89 Å². The average Bonchev–Trinajstić information content (AvgIpc) is 3.50. The first kappa shape index (κ1) is 19.8. The summed E-state index contributed by atoms with van der Waals surface area (Å²) in [7, 11) is 0. The standard InChI is InChI=1S/C26H22N4O2/c31-25(27-15-8-16-30-18-29-22-13-6-7-14-23(22)30)20-11-4-5-12-21(20)26-28-17-24(32-26)19-9-2-1-3-10-19/h1-7,9-14,17-18H,8,15-16H2,(H,27,31). The summed E-state index contributed by atoms with van der Waals surface area (Å²) in [6, 6.07) is 25.2. The summed E-state index contributed by atoms with van der Waals surface area (Å²) < 4.78 is 8.07. The number of nitrogens with one attached hydrogen (secondary N) is 1. The number of fused-ring (bicyclic) bond motifs is 1. The highest BCUT2D eigenvalue weighted by Crippen LogP contribution is 2.28. The Bertz CT molecular complexity index is 1350. The highest BCUT2D eigenvalue weighted by molar-refractivity contribution is 6.00. The van der Waals surface area contributed by atoms with Gasteiger partial charge in [-0.15, -0.1) is 0 Å². The van der Waals surface area contributed by atoms with Crippen LogP contribution in [0.1, 0.15) is 16.8 Å². The Balaban J connectivity index is 1.25. The molecular weight excluding hydrogens is 400 g/mol. The van der Waals surface area contributed by atoms with Gasteiger partial charge in [-0.2, -0.15) is 0 Å². The van der Waals surface area contributed by atoms with E-state index >= 15 is 0 Å². The first-order valence-electron chi connectivity index (χ1n) is 10.6. The van der Waals surface area contributed by atoms with Crippen LogP contribution in [0.15, 0.2) is 95.8 Å². The molecule has 0 radical (unpaired) electrons. The van der Waals surface area contributed by atoms with E-state index in [0.717, 1.165) is 29.6 Å². The van der Waals surface area contributed by atoms with Crippen LogP contribution in [0, 0.1) is 0 Å². The smallest absolute Gasteiger partial charge is 0.252 e. The van der Waals surface area contributed by atoms with Gasteiger partial charge < -0.3 is 14.3 Å². The average molecular weight is 422 g/mol. The Labute approximate surface area is 185 Å². The predicted molar refractivity (Wildman–Crippen MR) is 124 cm³/mol. The molecule has 0 atom stereocenters. The summed E-state index contributed by atoms with van der Waals surface area (Å²) in [4.78, 5) is 21.7. The molecular formula is C26H22N4O2. The minimum absolute atomic E-state index is 0.143. The Hall–Kier alpha value is -4.19. The summed E-state index contributed by atoms with van der Waals surface area (Å²) in [5, 5.41) is 3.02. The predicted octanol–water partition coefficient (Wildman–Crippen LogP) is 5.18. The molecule has 1 N–H and O–H groups in total. The lowest BCUT2D eigenvalue weighted by Gasteiger charge is -2.09. The molecule has 32 heavy (non-hydrogen) atoms. The number of imidazole rings is 1. The van der Waals surface area contributed by atoms with Gasteiger partial charge >= 0.3 is 0 Å². The minimum atomic E-state index is -0.143. The molecule has 5 rings (SSSR count). The second-order valence-electron chi connectivity index (χ2n) is 7.48. The number of oxazole rings is 1. The molecule has 158 valence electrons. The third-order valence-electron chi connectivity index (χ3n) is 5.35. The van der Waals surface area contributed by atoms with E-state index in [4.69, 9.17) is 4.42 Å². The molecule has 0 bridgehead atoms. The number of rotatable bonds is 7. The van der Waals surface area contributed by atoms with Crippen molar-refractivity contribution in [1.82, 2.24) is 19.9 Å². The first-order valence-corrected chi connectivity index (χ1v) is 10.6. The van der Waals surface area contributed by atoms with E-state index in [1.165, 1.54) is 0 Å². The number of amides is 1. The number of nitrogens with zero attached hydrogens (tertiary/aromatic N) is 3. The zero-order valence-corrected chi connectivity index (χ0v) is 17.4. The van der Waals surface area contributed by atoms with Gasteiger partial charge in [0.05, 0.1) is 29.1 Å². The molecule has 5 aromatic rings. The Kier molecular flexibility index (Phi) is 5.49. The molecule has 0 saturated heterocycles. The van der Waals surface area contributed by atoms with Crippen LogP contribution in [0.5, 0.6) is 0 Å². The lowest BCUT2D eigenvalue weighted by Crippen LogP contribution is -2.25. The van der Waals surface area contributed by atoms with Gasteiger partial charge in [0.1, 0.15) is 0 Å². The topological polar surface area (TPSA) is 73.0 Å². The van der Waals surface area contributed by atoms with E-state index in [1.807, 2.05) is 73.1 Å². The maximum atomic E-state index is 12.9. The van der Waals surface area contributed by atoms with Crippen molar-refractivity contribution in [1.29, 1.82) is 0 Å². The van der Waals surface area contributed by atoms with Crippen molar-refractivity contribution in [2.75, 3.05) is 6.54 Å². The van der Waals surface area contributed by atoms with Crippen molar-refractivity contribution in [2.24, 2.45) is 0 Å². The van der Waals surface area contributed by atoms with E-state index in [1.54, 1.807) is 12.3 Å². The summed E-state index contributed by atoms with van der Waals surface area (Å²) in [5.74, 6) is 0.957. The van der Waals surface area contributed by atoms with Crippen LogP contribution >= 0.6 is 0 Å². The molecule has 0 spiro atoms. The SMILES string of the molecule is O=C(NCCCn1cnc2ccccc21)c1ccccc1-c1ncc(-c2ccccc2)o1. The molecule has 1 amide bonds. The van der Waals surface area contributed by atoms with Crippen LogP contribution in [-0.2, 0) is 6.54 Å². The summed E-state index contributed by atoms with van der Waals surface area (Å²) in [5.41, 5.74) is 4.24. The fourth-order valence-corrected chi connectivity index (χ4v) is 3.74. The minimum Gasteiger partial charge on any atom is -0.436 e. The summed E-state index contributed by atoms with van der Waals surface area (Å²) >= 11 is 0. The maximum Gasteiger partial charge on any atom is 0.252 e. The van der Waals surface area contributed by atoms with Crippen LogP contribution < -0.4 is 5.32 Å². The molecule has 0 aliphatic carbocycles. The lowest BCUT2D eigenvalue weighted by molar-refractivity contribution is 0.0953. The molecule has 0 unspecified atom stereocenters. The van der Waals surface area contributed by atoms with Gasteiger partial charge in [-0.25, -0.2) is 9.97 Å². The Morgan fingerprint density at radius 3 is 2.59 bits per heavy atom. The van der Waals surface area contributed by atoms with Crippen molar-refractivity contribution in [3.05, 3.63) is 97.0 Å². The quantitative estimate of drug-likeness (QED) is 0.367. The first-order chi connectivity index (χ1) is 15.8. The summed E-state index contributed by atoms with van der Waals surface area (Å²) in [6.45, 7) is 1.34. The van der Waals surface area contributed by atoms with Crippen molar-refractivity contribution in [3.8, 4) is 22.8 Å². The van der Waals surface area contributed by atoms with E-state index in [-0.39, 0.29) is 5.91 Å². The molecule has 2 aromatic heterocycles. The highest BCUT2D eigenvalue weighted by atomic mass is 16.4. The normalized spacial score (nSPS) is 11.0. The number of aryl methyl sites for hydroxylation is 1. The molecule has 6 heteroatoms. The van der Waals surface area contributed by atoms with Crippen molar-refractivity contribution < 1.29 is 9.21 Å². The summed E-state index contributed by atoms with van der Waals surface area (Å²) in [6.07, 6.45) is 4.33. The van der Waals surface area contributed by atoms with Crippen LogP contribution in [0.3, 0.4) is 0 Å². The molecule has 0 aliphatic rings. The monoisotopic (exact) mass is 422 g/mol. The zero-order chi connectivity index (χ0) is 21.8. The number of hydrogen-bond donors (Lipinski definition) is 1. The van der Waals surface area contributed by atoms with Crippen LogP contribution in [0.4, 0.5) is 0 Å². The van der Waals surface area contributed by atoms with Crippen LogP contribution in [0.25, 0.3) is 33.8 Å². The molecule has 0 saturated carbocycles. The van der Waals surface area contributed by atoms with Gasteiger partial charge in [0.15, 0.2) is 5.76 Å². The lowest BCUT2D eigenvalue weighted by atomic mass is 10.1. The maximum absolute atomic E-state index is 12.9. The van der Waals surface area contributed by atoms with Crippen molar-refractivity contribution >= 4 is 16.9 Å². The van der Waals surface area contributed by atoms with E-state index in [2.05, 4.69) is 25.9 Å². The Morgan fingerprint density at radius 2 is 1.69 bits per heavy atom. The van der Waals surface area contributed by atoms with E-state index in [0.29, 0.717) is 29.3 Å². The van der Waals surface area contributed by atoms with Gasteiger partial charge in [-0.3, -0.25) is 4.79 Å². The largest absolute Gasteiger partial charge is 0.436 e. The fraction of sp³-hybridized carbons (Fsp3) is 0.115. The number of para-hydroxylation sites is 2. The highest BCUT2D eigenvalue weighted by Gasteiger charge is 2.16. The molecule has 0 aliphatic heterocycles. The number of hydrogen-bond acceptors (Lipinski definition) is 4. The van der Waals surface area contributed by atoms with Gasteiger partial charge in [-0.05, 0) is 30.7 Å². The number of carbonyl (C=O) groups excluding carboxylic acids is 1. The van der Waals surface area contributed by atoms with E-state index < -0.39 is 0 Å². The number of carbonyl (C=O) groups is 1.